The van der Waals surface area contributed by atoms with E-state index >= 15 is 0 Å². The molecular weight excluding hydrogens is 370 g/mol. The average molecular weight is 391 g/mol. The molecule has 1 heterocycles. The predicted molar refractivity (Wildman–Crippen MR) is 103 cm³/mol. The number of anilines is 1. The maximum Gasteiger partial charge on any atom is 0.328 e. The number of imidazole rings is 1. The third kappa shape index (κ3) is 3.14. The maximum absolute atomic E-state index is 13.0. The van der Waals surface area contributed by atoms with Crippen LogP contribution in [0.2, 0.25) is 0 Å². The summed E-state index contributed by atoms with van der Waals surface area (Å²) in [5.41, 5.74) is 2.24. The van der Waals surface area contributed by atoms with Gasteiger partial charge in [-0.1, -0.05) is 0 Å². The van der Waals surface area contributed by atoms with E-state index in [9.17, 15) is 13.2 Å². The zero-order valence-electron chi connectivity index (χ0n) is 15.7. The third-order valence-corrected chi connectivity index (χ3v) is 5.91. The molecule has 144 valence electrons. The summed E-state index contributed by atoms with van der Waals surface area (Å²) in [7, 11) is 2.23. The van der Waals surface area contributed by atoms with Gasteiger partial charge in [0, 0.05) is 20.2 Å². The number of rotatable bonds is 5. The average Bonchev–Trinajstić information content (AvgIpc) is 2.85. The van der Waals surface area contributed by atoms with Crippen LogP contribution >= 0.6 is 0 Å². The quantitative estimate of drug-likeness (QED) is 0.718. The molecule has 0 bridgehead atoms. The summed E-state index contributed by atoms with van der Waals surface area (Å²) in [6.07, 6.45) is 0. The molecule has 3 aromatic rings. The molecule has 0 aliphatic carbocycles. The second-order valence-electron chi connectivity index (χ2n) is 6.18. The van der Waals surface area contributed by atoms with Crippen molar-refractivity contribution in [3.05, 3.63) is 46.4 Å². The molecule has 0 atom stereocenters. The van der Waals surface area contributed by atoms with E-state index in [0.717, 1.165) is 5.52 Å². The molecule has 27 heavy (non-hydrogen) atoms. The number of methoxy groups -OCH3 is 2. The fourth-order valence-electron chi connectivity index (χ4n) is 2.95. The minimum Gasteiger partial charge on any atom is -0.497 e. The Morgan fingerprint density at radius 2 is 1.59 bits per heavy atom. The van der Waals surface area contributed by atoms with E-state index in [0.29, 0.717) is 22.5 Å². The number of ether oxygens (including phenoxy) is 2. The Hall–Kier alpha value is -2.94. The molecule has 0 unspecified atom stereocenters. The lowest BCUT2D eigenvalue weighted by atomic mass is 10.2. The topological polar surface area (TPSA) is 91.6 Å². The summed E-state index contributed by atoms with van der Waals surface area (Å²) in [6, 6.07) is 7.97. The fraction of sp³-hybridized carbons (Fsp3) is 0.278. The molecule has 8 nitrogen and oxygen atoms in total. The van der Waals surface area contributed by atoms with Crippen LogP contribution in [0.1, 0.15) is 5.56 Å². The molecule has 0 aliphatic rings. The predicted octanol–water partition coefficient (Wildman–Crippen LogP) is 2.00. The highest BCUT2D eigenvalue weighted by Crippen LogP contribution is 2.31. The summed E-state index contributed by atoms with van der Waals surface area (Å²) in [5, 5.41) is 0. The number of aromatic nitrogens is 2. The molecular formula is C18H21N3O5S. The van der Waals surface area contributed by atoms with Gasteiger partial charge in [-0.2, -0.15) is 0 Å². The van der Waals surface area contributed by atoms with Gasteiger partial charge in [-0.25, -0.2) is 13.2 Å². The molecule has 0 radical (unpaired) electrons. The summed E-state index contributed by atoms with van der Waals surface area (Å²) in [6.45, 7) is 1.78. The number of nitrogens with zero attached hydrogens (tertiary/aromatic N) is 2. The van der Waals surface area contributed by atoms with Crippen molar-refractivity contribution in [2.75, 3.05) is 18.9 Å². The summed E-state index contributed by atoms with van der Waals surface area (Å²) < 4.78 is 41.8. The van der Waals surface area contributed by atoms with Gasteiger partial charge in [0.15, 0.2) is 0 Å². The zero-order valence-corrected chi connectivity index (χ0v) is 16.5. The first-order valence-corrected chi connectivity index (χ1v) is 9.59. The van der Waals surface area contributed by atoms with Crippen LogP contribution in [0.3, 0.4) is 0 Å². The standard InChI is InChI=1S/C18H21N3O5S/c1-11-8-14-15(21(3)18(22)20(14)2)10-13(11)19-27(23,24)17-9-12(25-4)6-7-16(17)26-5/h6-10,19H,1-5H3. The smallest absolute Gasteiger partial charge is 0.328 e. The van der Waals surface area contributed by atoms with Gasteiger partial charge < -0.3 is 9.47 Å². The summed E-state index contributed by atoms with van der Waals surface area (Å²) in [4.78, 5) is 12.1. The number of hydrogen-bond donors (Lipinski definition) is 1. The molecule has 1 aromatic heterocycles. The first-order chi connectivity index (χ1) is 12.7. The van der Waals surface area contributed by atoms with Crippen LogP contribution in [-0.4, -0.2) is 31.8 Å². The fourth-order valence-corrected chi connectivity index (χ4v) is 4.26. The van der Waals surface area contributed by atoms with Gasteiger partial charge in [0.25, 0.3) is 10.0 Å². The molecule has 0 amide bonds. The molecule has 0 spiro atoms. The van der Waals surface area contributed by atoms with Crippen molar-refractivity contribution in [2.45, 2.75) is 11.8 Å². The normalized spacial score (nSPS) is 11.6. The SMILES string of the molecule is COc1ccc(OC)c(S(=O)(=O)Nc2cc3c(cc2C)n(C)c(=O)n3C)c1. The van der Waals surface area contributed by atoms with Crippen molar-refractivity contribution in [3.63, 3.8) is 0 Å². The Labute approximate surface area is 157 Å². The van der Waals surface area contributed by atoms with Crippen molar-refractivity contribution in [1.82, 2.24) is 9.13 Å². The van der Waals surface area contributed by atoms with E-state index in [2.05, 4.69) is 4.72 Å². The van der Waals surface area contributed by atoms with Gasteiger partial charge >= 0.3 is 5.69 Å². The Kier molecular flexibility index (Phi) is 4.64. The summed E-state index contributed by atoms with van der Waals surface area (Å²) in [5.74, 6) is 0.600. The first-order valence-electron chi connectivity index (χ1n) is 8.10. The van der Waals surface area contributed by atoms with Crippen molar-refractivity contribution in [3.8, 4) is 11.5 Å². The van der Waals surface area contributed by atoms with Crippen molar-refractivity contribution in [2.24, 2.45) is 14.1 Å². The maximum atomic E-state index is 13.0. The summed E-state index contributed by atoms with van der Waals surface area (Å²) >= 11 is 0. The van der Waals surface area contributed by atoms with Crippen molar-refractivity contribution in [1.29, 1.82) is 0 Å². The van der Waals surface area contributed by atoms with Gasteiger partial charge in [0.05, 0.1) is 30.9 Å². The van der Waals surface area contributed by atoms with Crippen LogP contribution in [-0.2, 0) is 24.1 Å². The number of hydrogen-bond acceptors (Lipinski definition) is 5. The second kappa shape index (κ2) is 6.66. The number of aryl methyl sites for hydroxylation is 3. The van der Waals surface area contributed by atoms with E-state index in [1.165, 1.54) is 35.5 Å². The minimum absolute atomic E-state index is 0.0363. The molecule has 2 aromatic carbocycles. The van der Waals surface area contributed by atoms with Crippen molar-refractivity contribution >= 4 is 26.7 Å². The van der Waals surface area contributed by atoms with Gasteiger partial charge in [-0.3, -0.25) is 13.9 Å². The molecule has 0 saturated heterocycles. The number of benzene rings is 2. The van der Waals surface area contributed by atoms with Gasteiger partial charge in [0.1, 0.15) is 16.4 Å². The third-order valence-electron chi connectivity index (χ3n) is 4.52. The second-order valence-corrected chi connectivity index (χ2v) is 7.83. The Morgan fingerprint density at radius 3 is 2.19 bits per heavy atom. The highest BCUT2D eigenvalue weighted by Gasteiger charge is 2.22. The van der Waals surface area contributed by atoms with Crippen LogP contribution in [0, 0.1) is 6.92 Å². The van der Waals surface area contributed by atoms with Crippen LogP contribution in [0.4, 0.5) is 5.69 Å². The number of nitrogens with one attached hydrogen (secondary N) is 1. The highest BCUT2D eigenvalue weighted by atomic mass is 32.2. The first kappa shape index (κ1) is 18.8. The largest absolute Gasteiger partial charge is 0.497 e. The van der Waals surface area contributed by atoms with Crippen LogP contribution < -0.4 is 19.9 Å². The van der Waals surface area contributed by atoms with E-state index in [1.807, 2.05) is 0 Å². The lowest BCUT2D eigenvalue weighted by molar-refractivity contribution is 0.392. The van der Waals surface area contributed by atoms with Gasteiger partial charge in [0.2, 0.25) is 0 Å². The molecule has 0 aliphatic heterocycles. The molecule has 9 heteroatoms. The van der Waals surface area contributed by atoms with E-state index in [-0.39, 0.29) is 16.3 Å². The monoisotopic (exact) mass is 391 g/mol. The van der Waals surface area contributed by atoms with E-state index in [4.69, 9.17) is 9.47 Å². The van der Waals surface area contributed by atoms with Crippen LogP contribution in [0.25, 0.3) is 11.0 Å². The molecule has 3 rings (SSSR count). The lowest BCUT2D eigenvalue weighted by Gasteiger charge is -2.14. The lowest BCUT2D eigenvalue weighted by Crippen LogP contribution is -2.19. The van der Waals surface area contributed by atoms with Crippen LogP contribution in [0.15, 0.2) is 40.0 Å². The minimum atomic E-state index is -3.95. The number of fused-ring (bicyclic) bond motifs is 1. The zero-order chi connectivity index (χ0) is 19.9. The highest BCUT2D eigenvalue weighted by molar-refractivity contribution is 7.92. The molecule has 0 fully saturated rings. The Morgan fingerprint density at radius 1 is 0.963 bits per heavy atom. The van der Waals surface area contributed by atoms with E-state index < -0.39 is 10.0 Å². The Bertz CT molecular complexity index is 1190. The van der Waals surface area contributed by atoms with Crippen LogP contribution in [0.5, 0.6) is 11.5 Å². The molecule has 1 N–H and O–H groups in total. The number of sulfonamides is 1. The van der Waals surface area contributed by atoms with Gasteiger partial charge in [-0.05, 0) is 36.8 Å². The Balaban J connectivity index is 2.13. The molecule has 0 saturated carbocycles. The van der Waals surface area contributed by atoms with Crippen molar-refractivity contribution < 1.29 is 17.9 Å². The van der Waals surface area contributed by atoms with Gasteiger partial charge in [-0.15, -0.1) is 0 Å². The van der Waals surface area contributed by atoms with E-state index in [1.54, 1.807) is 39.2 Å².